The van der Waals surface area contributed by atoms with Gasteiger partial charge in [-0.1, -0.05) is 0 Å². The Labute approximate surface area is 201 Å². The largest absolute Gasteiger partial charge is 1.00 e. The number of nitrogens with zero attached hydrogens (tertiary/aromatic N) is 1. The average molecular weight is 368 g/mol. The van der Waals surface area contributed by atoms with Crippen molar-refractivity contribution in [2.75, 3.05) is 6.26 Å². The van der Waals surface area contributed by atoms with Gasteiger partial charge >= 0.3 is 103 Å². The first-order chi connectivity index (χ1) is 7.20. The van der Waals surface area contributed by atoms with E-state index in [0.29, 0.717) is 0 Å². The minimum Gasteiger partial charge on any atom is -0.771 e. The molecule has 0 bridgehead atoms. The van der Waals surface area contributed by atoms with Crippen molar-refractivity contribution in [3.05, 3.63) is 0 Å². The van der Waals surface area contributed by atoms with E-state index in [-0.39, 0.29) is 103 Å². The topological polar surface area (TPSA) is 101 Å². The molecule has 0 amide bonds. The molecule has 0 aromatic carbocycles. The van der Waals surface area contributed by atoms with Crippen molar-refractivity contribution in [2.24, 2.45) is 0 Å². The first-order valence-corrected chi connectivity index (χ1v) is 8.35. The Morgan fingerprint density at radius 1 is 0.833 bits per heavy atom. The fourth-order valence-electron chi connectivity index (χ4n) is 1.26. The van der Waals surface area contributed by atoms with Gasteiger partial charge in [-0.2, -0.15) is 0 Å². The second-order valence-electron chi connectivity index (χ2n) is 3.26. The van der Waals surface area contributed by atoms with E-state index in [2.05, 4.69) is 0 Å². The van der Waals surface area contributed by atoms with Crippen LogP contribution in [0, 0.1) is 0 Å². The average Bonchev–Trinajstić information content (AvgIpc) is 2.16. The Morgan fingerprint density at radius 2 is 1.11 bits per heavy atom. The fraction of sp³-hybridized carbons (Fsp3) is 1.00. The van der Waals surface area contributed by atoms with E-state index in [9.17, 15) is 21.7 Å². The Hall–Kier alpha value is 3.60. The van der Waals surface area contributed by atoms with Gasteiger partial charge in [-0.05, 0) is 42.9 Å². The molecule has 6 nitrogen and oxygen atoms in total. The molecule has 0 aliphatic rings. The van der Waals surface area contributed by atoms with Crippen LogP contribution in [-0.2, 0) is 33.0 Å². The SMILES string of the molecule is CC(N(C(C)S(=O)[O-])C(C)S(=O)[O-])S(C)=O.[K+].[K+]. The summed E-state index contributed by atoms with van der Waals surface area (Å²) in [6.45, 7) is 4.24. The third-order valence-electron chi connectivity index (χ3n) is 2.30. The van der Waals surface area contributed by atoms with Crippen LogP contribution < -0.4 is 103 Å². The van der Waals surface area contributed by atoms with Crippen LogP contribution in [0.4, 0.5) is 0 Å². The summed E-state index contributed by atoms with van der Waals surface area (Å²) in [5.41, 5.74) is 0. The first kappa shape index (κ1) is 26.5. The van der Waals surface area contributed by atoms with Crippen LogP contribution in [-0.4, -0.2) is 49.0 Å². The monoisotopic (exact) mass is 367 g/mol. The maximum Gasteiger partial charge on any atom is 1.00 e. The normalized spacial score (nSPS) is 20.8. The smallest absolute Gasteiger partial charge is 0.771 e. The number of hydrogen-bond donors (Lipinski definition) is 0. The van der Waals surface area contributed by atoms with Crippen molar-refractivity contribution in [3.63, 3.8) is 0 Å². The van der Waals surface area contributed by atoms with E-state index in [4.69, 9.17) is 0 Å². The summed E-state index contributed by atoms with van der Waals surface area (Å²) < 4.78 is 54.7. The molecule has 18 heavy (non-hydrogen) atoms. The molecule has 0 aliphatic carbocycles. The standard InChI is InChI=1S/C7H17NO5S3.2K/c1-5(14(4)9)8(6(2)15(10)11)7(3)16(12)13;;/h5-7H,1-4H3,(H,10,11)(H,12,13);;/q;2*+1/p-2. The Morgan fingerprint density at radius 3 is 1.28 bits per heavy atom. The maximum absolute atomic E-state index is 11.3. The first-order valence-electron chi connectivity index (χ1n) is 4.46. The van der Waals surface area contributed by atoms with Crippen molar-refractivity contribution in [1.82, 2.24) is 4.90 Å². The summed E-state index contributed by atoms with van der Waals surface area (Å²) in [4.78, 5) is 1.20. The van der Waals surface area contributed by atoms with Crippen molar-refractivity contribution < 1.29 is 125 Å². The van der Waals surface area contributed by atoms with Crippen LogP contribution in [0.3, 0.4) is 0 Å². The molecule has 0 rings (SSSR count). The second kappa shape index (κ2) is 13.1. The molecule has 0 aliphatic heterocycles. The van der Waals surface area contributed by atoms with E-state index in [0.717, 1.165) is 0 Å². The summed E-state index contributed by atoms with van der Waals surface area (Å²) in [7, 11) is -1.34. The van der Waals surface area contributed by atoms with Gasteiger partial charge in [-0.3, -0.25) is 17.5 Å². The number of hydrogen-bond acceptors (Lipinski definition) is 6. The summed E-state index contributed by atoms with van der Waals surface area (Å²) in [6.07, 6.45) is 1.40. The van der Waals surface area contributed by atoms with Crippen LogP contribution in [0.2, 0.25) is 0 Å². The van der Waals surface area contributed by atoms with E-state index < -0.39 is 49.1 Å². The van der Waals surface area contributed by atoms with Crippen LogP contribution in [0.15, 0.2) is 0 Å². The molecule has 0 saturated heterocycles. The molecular formula is C7H15K2NO5S3. The van der Waals surface area contributed by atoms with Crippen LogP contribution in [0.1, 0.15) is 20.8 Å². The molecule has 11 heteroatoms. The molecule has 0 spiro atoms. The van der Waals surface area contributed by atoms with Crippen molar-refractivity contribution in [3.8, 4) is 0 Å². The molecule has 0 N–H and O–H groups in total. The summed E-state index contributed by atoms with van der Waals surface area (Å²) in [6, 6.07) is 0. The van der Waals surface area contributed by atoms with E-state index in [1.807, 2.05) is 0 Å². The van der Waals surface area contributed by atoms with Gasteiger partial charge in [0.15, 0.2) is 0 Å². The Balaban J connectivity index is -0.00000112. The summed E-state index contributed by atoms with van der Waals surface area (Å²) in [5.74, 6) is 0. The molecule has 0 saturated carbocycles. The Bertz CT molecular complexity index is 272. The molecule has 0 aromatic heterocycles. The zero-order valence-corrected chi connectivity index (χ0v) is 20.1. The predicted molar refractivity (Wildman–Crippen MR) is 62.1 cm³/mol. The third kappa shape index (κ3) is 8.90. The quantitative estimate of drug-likeness (QED) is 0.342. The van der Waals surface area contributed by atoms with Crippen molar-refractivity contribution >= 4 is 33.0 Å². The molecule has 6 atom stereocenters. The fourth-order valence-corrected chi connectivity index (χ4v) is 3.32. The zero-order valence-electron chi connectivity index (χ0n) is 11.4. The van der Waals surface area contributed by atoms with Gasteiger partial charge in [0.2, 0.25) is 0 Å². The van der Waals surface area contributed by atoms with Gasteiger partial charge in [-0.15, -0.1) is 0 Å². The minimum atomic E-state index is -2.45. The summed E-state index contributed by atoms with van der Waals surface area (Å²) in [5, 5.41) is -2.67. The third-order valence-corrected chi connectivity index (χ3v) is 5.10. The van der Waals surface area contributed by atoms with Crippen molar-refractivity contribution in [1.29, 1.82) is 0 Å². The summed E-state index contributed by atoms with van der Waals surface area (Å²) >= 11 is -4.89. The van der Waals surface area contributed by atoms with Crippen LogP contribution in [0.25, 0.3) is 0 Å². The van der Waals surface area contributed by atoms with E-state index >= 15 is 0 Å². The van der Waals surface area contributed by atoms with E-state index in [1.54, 1.807) is 0 Å². The van der Waals surface area contributed by atoms with Crippen molar-refractivity contribution in [2.45, 2.75) is 36.9 Å². The van der Waals surface area contributed by atoms with E-state index in [1.165, 1.54) is 31.9 Å². The molecule has 0 radical (unpaired) electrons. The maximum atomic E-state index is 11.3. The van der Waals surface area contributed by atoms with Crippen LogP contribution >= 0.6 is 0 Å². The Kier molecular flexibility index (Phi) is 19.3. The van der Waals surface area contributed by atoms with Gasteiger partial charge < -0.3 is 9.11 Å². The van der Waals surface area contributed by atoms with Gasteiger partial charge in [0, 0.05) is 17.1 Å². The minimum absolute atomic E-state index is 0. The molecule has 0 aromatic rings. The molecule has 0 heterocycles. The van der Waals surface area contributed by atoms with Gasteiger partial charge in [0.05, 0.1) is 16.1 Å². The predicted octanol–water partition coefficient (Wildman–Crippen LogP) is -6.53. The van der Waals surface area contributed by atoms with Gasteiger partial charge in [0.25, 0.3) is 0 Å². The van der Waals surface area contributed by atoms with Gasteiger partial charge in [-0.25, -0.2) is 0 Å². The number of rotatable bonds is 6. The van der Waals surface area contributed by atoms with Crippen LogP contribution in [0.5, 0.6) is 0 Å². The molecule has 6 unspecified atom stereocenters. The zero-order chi connectivity index (χ0) is 13.0. The van der Waals surface area contributed by atoms with Gasteiger partial charge in [0.1, 0.15) is 0 Å². The molecular weight excluding hydrogens is 352 g/mol. The molecule has 98 valence electrons. The second-order valence-corrected chi connectivity index (χ2v) is 7.35. The molecule has 0 fully saturated rings.